The van der Waals surface area contributed by atoms with Crippen LogP contribution in [0.25, 0.3) is 5.76 Å². The molecular formula is C25H21Cl2NO5. The number of hydrogen-bond donors (Lipinski definition) is 1. The number of halogens is 2. The van der Waals surface area contributed by atoms with Crippen LogP contribution in [0.5, 0.6) is 5.75 Å². The number of hydrogen-bond acceptors (Lipinski definition) is 5. The monoisotopic (exact) mass is 485 g/mol. The molecule has 1 unspecified atom stereocenters. The van der Waals surface area contributed by atoms with E-state index in [-0.39, 0.29) is 21.9 Å². The highest BCUT2D eigenvalue weighted by Crippen LogP contribution is 2.45. The Balaban J connectivity index is 2.00. The maximum absolute atomic E-state index is 13.3. The van der Waals surface area contributed by atoms with Gasteiger partial charge in [-0.2, -0.15) is 0 Å². The van der Waals surface area contributed by atoms with E-state index in [1.165, 1.54) is 12.0 Å². The summed E-state index contributed by atoms with van der Waals surface area (Å²) >= 11 is 12.6. The van der Waals surface area contributed by atoms with Crippen LogP contribution in [0, 0.1) is 20.8 Å². The summed E-state index contributed by atoms with van der Waals surface area (Å²) in [5, 5.41) is 12.1. The standard InChI is InChI=1S/C25H21Cl2NO5/c1-12-9-16(24(32-4)18(27)10-12)22(29)20-21(19-8-6-14(3)33-19)28(25(31)23(20)30)15-7-5-13(2)17(26)11-15/h5-11,21,29H,1-4H3/b22-20+. The van der Waals surface area contributed by atoms with Crippen molar-refractivity contribution in [1.29, 1.82) is 0 Å². The fourth-order valence-corrected chi connectivity index (χ4v) is 4.48. The second kappa shape index (κ2) is 8.61. The molecule has 1 aromatic heterocycles. The zero-order chi connectivity index (χ0) is 24.0. The van der Waals surface area contributed by atoms with Crippen molar-refractivity contribution in [2.24, 2.45) is 0 Å². The number of aliphatic hydroxyl groups is 1. The lowest BCUT2D eigenvalue weighted by atomic mass is 9.97. The van der Waals surface area contributed by atoms with Crippen molar-refractivity contribution in [1.82, 2.24) is 0 Å². The molecule has 6 nitrogen and oxygen atoms in total. The van der Waals surface area contributed by atoms with Crippen LogP contribution in [0.1, 0.15) is 34.3 Å². The Bertz CT molecular complexity index is 1320. The van der Waals surface area contributed by atoms with Gasteiger partial charge in [-0.05, 0) is 68.3 Å². The van der Waals surface area contributed by atoms with Crippen molar-refractivity contribution < 1.29 is 23.8 Å². The maximum atomic E-state index is 13.3. The minimum absolute atomic E-state index is 0.133. The van der Waals surface area contributed by atoms with E-state index in [1.54, 1.807) is 56.3 Å². The Morgan fingerprint density at radius 2 is 1.76 bits per heavy atom. The van der Waals surface area contributed by atoms with E-state index < -0.39 is 23.5 Å². The first-order valence-corrected chi connectivity index (χ1v) is 10.9. The molecule has 8 heteroatoms. The SMILES string of the molecule is COc1c(Cl)cc(C)cc1/C(O)=C1\C(=O)C(=O)N(c2ccc(C)c(Cl)c2)C1c1ccc(C)o1. The third-order valence-corrected chi connectivity index (χ3v) is 6.24. The Hall–Kier alpha value is -3.22. The summed E-state index contributed by atoms with van der Waals surface area (Å²) in [6.07, 6.45) is 0. The molecule has 2 aromatic carbocycles. The number of carbonyl (C=O) groups is 2. The molecule has 1 N–H and O–H groups in total. The fourth-order valence-electron chi connectivity index (χ4n) is 3.96. The van der Waals surface area contributed by atoms with Crippen LogP contribution in [0.4, 0.5) is 5.69 Å². The highest BCUT2D eigenvalue weighted by atomic mass is 35.5. The number of ether oxygens (including phenoxy) is 1. The van der Waals surface area contributed by atoms with Crippen molar-refractivity contribution in [3.05, 3.63) is 86.3 Å². The van der Waals surface area contributed by atoms with E-state index in [0.29, 0.717) is 22.2 Å². The van der Waals surface area contributed by atoms with Gasteiger partial charge >= 0.3 is 0 Å². The number of aryl methyl sites for hydroxylation is 3. The van der Waals surface area contributed by atoms with Gasteiger partial charge in [0.2, 0.25) is 0 Å². The van der Waals surface area contributed by atoms with Gasteiger partial charge in [-0.3, -0.25) is 14.5 Å². The second-order valence-electron chi connectivity index (χ2n) is 7.88. The van der Waals surface area contributed by atoms with Gasteiger partial charge in [0, 0.05) is 10.7 Å². The van der Waals surface area contributed by atoms with Crippen LogP contribution in [0.3, 0.4) is 0 Å². The predicted molar refractivity (Wildman–Crippen MR) is 127 cm³/mol. The van der Waals surface area contributed by atoms with Crippen molar-refractivity contribution in [3.63, 3.8) is 0 Å². The van der Waals surface area contributed by atoms with Crippen LogP contribution < -0.4 is 9.64 Å². The number of carbonyl (C=O) groups excluding carboxylic acids is 2. The molecule has 1 aliphatic heterocycles. The van der Waals surface area contributed by atoms with Gasteiger partial charge in [0.25, 0.3) is 11.7 Å². The number of ketones is 1. The molecule has 0 aliphatic carbocycles. The van der Waals surface area contributed by atoms with E-state index in [0.717, 1.165) is 11.1 Å². The smallest absolute Gasteiger partial charge is 0.300 e. The summed E-state index contributed by atoms with van der Waals surface area (Å²) in [5.41, 5.74) is 2.04. The zero-order valence-electron chi connectivity index (χ0n) is 18.4. The Morgan fingerprint density at radius 3 is 2.36 bits per heavy atom. The van der Waals surface area contributed by atoms with Crippen LogP contribution >= 0.6 is 23.2 Å². The third kappa shape index (κ3) is 3.90. The Labute approximate surface area is 201 Å². The summed E-state index contributed by atoms with van der Waals surface area (Å²) in [6, 6.07) is 10.8. The largest absolute Gasteiger partial charge is 0.507 e. The van der Waals surface area contributed by atoms with E-state index in [9.17, 15) is 14.7 Å². The number of aliphatic hydroxyl groups excluding tert-OH is 1. The first-order valence-electron chi connectivity index (χ1n) is 10.1. The number of furan rings is 1. The molecule has 0 saturated carbocycles. The lowest BCUT2D eigenvalue weighted by molar-refractivity contribution is -0.132. The van der Waals surface area contributed by atoms with E-state index in [4.69, 9.17) is 32.4 Å². The highest BCUT2D eigenvalue weighted by molar-refractivity contribution is 6.52. The summed E-state index contributed by atoms with van der Waals surface area (Å²) in [5.74, 6) is -0.971. The van der Waals surface area contributed by atoms with Gasteiger partial charge < -0.3 is 14.3 Å². The molecule has 0 spiro atoms. The van der Waals surface area contributed by atoms with Crippen molar-refractivity contribution >= 4 is 46.3 Å². The van der Waals surface area contributed by atoms with Crippen molar-refractivity contribution in [2.75, 3.05) is 12.0 Å². The molecule has 1 aliphatic rings. The topological polar surface area (TPSA) is 80.0 Å². The number of benzene rings is 2. The van der Waals surface area contributed by atoms with Gasteiger partial charge in [0.05, 0.1) is 23.3 Å². The van der Waals surface area contributed by atoms with E-state index in [1.807, 2.05) is 6.92 Å². The van der Waals surface area contributed by atoms with Gasteiger partial charge in [-0.1, -0.05) is 29.3 Å². The molecule has 1 atom stereocenters. The molecule has 33 heavy (non-hydrogen) atoms. The number of amides is 1. The minimum Gasteiger partial charge on any atom is -0.507 e. The predicted octanol–water partition coefficient (Wildman–Crippen LogP) is 6.15. The van der Waals surface area contributed by atoms with Crippen LogP contribution in [-0.2, 0) is 9.59 Å². The van der Waals surface area contributed by atoms with Gasteiger partial charge in [0.1, 0.15) is 29.1 Å². The maximum Gasteiger partial charge on any atom is 0.300 e. The Morgan fingerprint density at radius 1 is 1.03 bits per heavy atom. The van der Waals surface area contributed by atoms with E-state index >= 15 is 0 Å². The molecule has 2 heterocycles. The normalized spacial score (nSPS) is 17.6. The first kappa shape index (κ1) is 23.0. The fraction of sp³-hybridized carbons (Fsp3) is 0.200. The summed E-state index contributed by atoms with van der Waals surface area (Å²) in [7, 11) is 1.41. The van der Waals surface area contributed by atoms with Gasteiger partial charge in [-0.15, -0.1) is 0 Å². The molecule has 1 saturated heterocycles. The van der Waals surface area contributed by atoms with Crippen molar-refractivity contribution in [2.45, 2.75) is 26.8 Å². The van der Waals surface area contributed by atoms with Crippen LogP contribution in [-0.4, -0.2) is 23.9 Å². The average Bonchev–Trinajstić information content (AvgIpc) is 3.30. The van der Waals surface area contributed by atoms with Crippen LogP contribution in [0.2, 0.25) is 10.0 Å². The average molecular weight is 486 g/mol. The molecule has 170 valence electrons. The Kier molecular flexibility index (Phi) is 5.99. The first-order chi connectivity index (χ1) is 15.6. The number of Topliss-reactive ketones (excluding diaryl/α,β-unsaturated/α-hetero) is 1. The number of nitrogens with zero attached hydrogens (tertiary/aromatic N) is 1. The van der Waals surface area contributed by atoms with E-state index in [2.05, 4.69) is 0 Å². The summed E-state index contributed by atoms with van der Waals surface area (Å²) in [4.78, 5) is 27.8. The molecule has 0 radical (unpaired) electrons. The molecular weight excluding hydrogens is 465 g/mol. The molecule has 4 rings (SSSR count). The number of anilines is 1. The zero-order valence-corrected chi connectivity index (χ0v) is 19.9. The number of methoxy groups -OCH3 is 1. The van der Waals surface area contributed by atoms with Crippen molar-refractivity contribution in [3.8, 4) is 5.75 Å². The molecule has 3 aromatic rings. The number of rotatable bonds is 4. The third-order valence-electron chi connectivity index (χ3n) is 5.56. The van der Waals surface area contributed by atoms with Crippen LogP contribution in [0.15, 0.2) is 52.5 Å². The molecule has 1 amide bonds. The summed E-state index contributed by atoms with van der Waals surface area (Å²) < 4.78 is 11.2. The highest BCUT2D eigenvalue weighted by Gasteiger charge is 2.48. The molecule has 0 bridgehead atoms. The van der Waals surface area contributed by atoms with Gasteiger partial charge in [0.15, 0.2) is 0 Å². The quantitative estimate of drug-likeness (QED) is 0.272. The lowest BCUT2D eigenvalue weighted by Crippen LogP contribution is -2.29. The molecule has 1 fully saturated rings. The minimum atomic E-state index is -1.01. The summed E-state index contributed by atoms with van der Waals surface area (Å²) in [6.45, 7) is 5.38. The van der Waals surface area contributed by atoms with Gasteiger partial charge in [-0.25, -0.2) is 0 Å². The lowest BCUT2D eigenvalue weighted by Gasteiger charge is -2.24. The second-order valence-corrected chi connectivity index (χ2v) is 8.69.